The van der Waals surface area contributed by atoms with Gasteiger partial charge in [-0.25, -0.2) is 4.98 Å². The zero-order valence-corrected chi connectivity index (χ0v) is 24.0. The summed E-state index contributed by atoms with van der Waals surface area (Å²) in [7, 11) is 3.82. The minimum Gasteiger partial charge on any atom is -0.373 e. The molecule has 8 nitrogen and oxygen atoms in total. The van der Waals surface area contributed by atoms with Crippen molar-refractivity contribution in [1.29, 1.82) is 5.26 Å². The molecular weight excluding hydrogens is 500 g/mol. The highest BCUT2D eigenvalue weighted by molar-refractivity contribution is 6.04. The number of nitrogens with zero attached hydrogens (tertiary/aromatic N) is 4. The first-order chi connectivity index (χ1) is 19.4. The van der Waals surface area contributed by atoms with E-state index >= 15 is 0 Å². The van der Waals surface area contributed by atoms with Gasteiger partial charge < -0.3 is 15.2 Å². The van der Waals surface area contributed by atoms with Gasteiger partial charge in [-0.15, -0.1) is 0 Å². The van der Waals surface area contributed by atoms with E-state index in [-0.39, 0.29) is 17.4 Å². The van der Waals surface area contributed by atoms with Gasteiger partial charge in [0.2, 0.25) is 0 Å². The van der Waals surface area contributed by atoms with Crippen LogP contribution in [0.3, 0.4) is 0 Å². The van der Waals surface area contributed by atoms with Crippen molar-refractivity contribution in [3.63, 3.8) is 0 Å². The van der Waals surface area contributed by atoms with E-state index in [9.17, 15) is 9.59 Å². The molecule has 4 aromatic rings. The number of rotatable bonds is 10. The highest BCUT2D eigenvalue weighted by Gasteiger charge is 2.17. The molecule has 0 bridgehead atoms. The molecule has 0 radical (unpaired) electrons. The van der Waals surface area contributed by atoms with Crippen LogP contribution in [0, 0.1) is 11.3 Å². The highest BCUT2D eigenvalue weighted by Crippen LogP contribution is 2.34. The van der Waals surface area contributed by atoms with Crippen molar-refractivity contribution in [2.75, 3.05) is 17.7 Å². The number of hydrogen-bond acceptors (Lipinski definition) is 6. The van der Waals surface area contributed by atoms with Gasteiger partial charge in [-0.2, -0.15) is 5.26 Å². The lowest BCUT2D eigenvalue weighted by Crippen LogP contribution is -2.13. The average Bonchev–Trinajstić information content (AvgIpc) is 3.32. The van der Waals surface area contributed by atoms with Crippen molar-refractivity contribution in [2.24, 2.45) is 7.05 Å². The third-order valence-corrected chi connectivity index (χ3v) is 6.78. The van der Waals surface area contributed by atoms with Gasteiger partial charge in [0.15, 0.2) is 5.78 Å². The third-order valence-electron chi connectivity index (χ3n) is 6.78. The second-order valence-electron chi connectivity index (χ2n) is 9.62. The number of amides is 1. The third kappa shape index (κ3) is 7.32. The Bertz CT molecular complexity index is 1500. The van der Waals surface area contributed by atoms with E-state index in [0.29, 0.717) is 29.3 Å². The van der Waals surface area contributed by atoms with Crippen molar-refractivity contribution in [3.05, 3.63) is 83.4 Å². The van der Waals surface area contributed by atoms with Crippen molar-refractivity contribution in [3.8, 4) is 6.07 Å². The van der Waals surface area contributed by atoms with Crippen LogP contribution in [0.2, 0.25) is 0 Å². The van der Waals surface area contributed by atoms with Gasteiger partial charge in [0.05, 0.1) is 17.2 Å². The van der Waals surface area contributed by atoms with Gasteiger partial charge >= 0.3 is 0 Å². The molecule has 2 N–H and O–H groups in total. The van der Waals surface area contributed by atoms with Crippen LogP contribution >= 0.6 is 0 Å². The predicted molar refractivity (Wildman–Crippen MR) is 161 cm³/mol. The molecular formula is C32H38N6O2. The molecule has 0 aliphatic heterocycles. The van der Waals surface area contributed by atoms with Gasteiger partial charge in [0, 0.05) is 55.7 Å². The second-order valence-corrected chi connectivity index (χ2v) is 9.62. The Morgan fingerprint density at radius 1 is 1.02 bits per heavy atom. The summed E-state index contributed by atoms with van der Waals surface area (Å²) in [6.07, 6.45) is 10.5. The van der Waals surface area contributed by atoms with Crippen LogP contribution in [-0.2, 0) is 7.05 Å². The number of benzene rings is 1. The molecule has 0 unspecified atom stereocenters. The van der Waals surface area contributed by atoms with E-state index in [1.807, 2.05) is 25.1 Å². The lowest BCUT2D eigenvalue weighted by molar-refractivity contribution is 0.0986. The molecule has 1 amide bonds. The molecule has 3 heterocycles. The van der Waals surface area contributed by atoms with Crippen LogP contribution in [0.1, 0.15) is 90.8 Å². The zero-order chi connectivity index (χ0) is 29.1. The zero-order valence-electron chi connectivity index (χ0n) is 24.0. The van der Waals surface area contributed by atoms with Crippen LogP contribution < -0.4 is 10.6 Å². The quantitative estimate of drug-likeness (QED) is 0.208. The number of carbonyl (C=O) groups is 2. The van der Waals surface area contributed by atoms with Gasteiger partial charge in [-0.3, -0.25) is 14.6 Å². The van der Waals surface area contributed by atoms with Gasteiger partial charge in [0.25, 0.3) is 5.91 Å². The normalized spacial score (nSPS) is 10.5. The van der Waals surface area contributed by atoms with Crippen LogP contribution in [0.4, 0.5) is 11.5 Å². The number of nitrogens with one attached hydrogen (secondary N) is 2. The van der Waals surface area contributed by atoms with Crippen LogP contribution in [0.5, 0.6) is 0 Å². The molecule has 0 saturated carbocycles. The molecule has 208 valence electrons. The van der Waals surface area contributed by atoms with E-state index in [1.54, 1.807) is 31.4 Å². The van der Waals surface area contributed by atoms with E-state index in [0.717, 1.165) is 36.9 Å². The lowest BCUT2D eigenvalue weighted by Gasteiger charge is -2.15. The molecule has 3 aromatic heterocycles. The Morgan fingerprint density at radius 2 is 1.77 bits per heavy atom. The number of Topliss-reactive ketones (excluding diaryl/α,β-unsaturated/α-hetero) is 1. The summed E-state index contributed by atoms with van der Waals surface area (Å²) in [4.78, 5) is 32.0. The minimum atomic E-state index is -0.312. The highest BCUT2D eigenvalue weighted by atomic mass is 16.2. The Labute approximate surface area is 236 Å². The smallest absolute Gasteiger partial charge is 0.274 e. The van der Waals surface area contributed by atoms with Crippen molar-refractivity contribution in [1.82, 2.24) is 14.5 Å². The number of nitriles is 1. The molecule has 0 atom stereocenters. The van der Waals surface area contributed by atoms with E-state index in [2.05, 4.69) is 58.3 Å². The standard InChI is InChI=1S/C23H26N4O.C9H12N2O/c1-4-6-17(7-5-2)20-15-27(3)22-9-8-18(13-19(20)22)26-23(28)21-12-16(14-24)10-11-25-21;1-3-8(12)7-5-4-6-11-9(7)10-2/h8-13,15,17H,4-7H2,1-3H3,(H,26,28);4-6H,3H2,1-2H3,(H,10,11). The summed E-state index contributed by atoms with van der Waals surface area (Å²) < 4.78 is 2.16. The summed E-state index contributed by atoms with van der Waals surface area (Å²) in [5, 5.41) is 16.0. The number of pyridine rings is 2. The number of hydrogen-bond donors (Lipinski definition) is 2. The number of aryl methyl sites for hydroxylation is 1. The summed E-state index contributed by atoms with van der Waals surface area (Å²) in [6, 6.07) is 14.7. The predicted octanol–water partition coefficient (Wildman–Crippen LogP) is 7.10. The van der Waals surface area contributed by atoms with Crippen LogP contribution in [0.15, 0.2) is 61.1 Å². The van der Waals surface area contributed by atoms with Gasteiger partial charge in [-0.1, -0.05) is 33.6 Å². The van der Waals surface area contributed by atoms with Gasteiger partial charge in [-0.05, 0) is 66.8 Å². The number of anilines is 2. The fraction of sp³-hybridized carbons (Fsp3) is 0.344. The van der Waals surface area contributed by atoms with Gasteiger partial charge in [0.1, 0.15) is 11.5 Å². The monoisotopic (exact) mass is 538 g/mol. The maximum Gasteiger partial charge on any atom is 0.274 e. The van der Waals surface area contributed by atoms with E-state index < -0.39 is 0 Å². The summed E-state index contributed by atoms with van der Waals surface area (Å²) >= 11 is 0. The Hall–Kier alpha value is -4.51. The Morgan fingerprint density at radius 3 is 2.42 bits per heavy atom. The molecule has 0 fully saturated rings. The first-order valence-electron chi connectivity index (χ1n) is 13.8. The van der Waals surface area contributed by atoms with Crippen molar-refractivity contribution >= 4 is 34.1 Å². The van der Waals surface area contributed by atoms with Crippen molar-refractivity contribution < 1.29 is 9.59 Å². The molecule has 4 rings (SSSR count). The maximum atomic E-state index is 12.6. The molecule has 0 aliphatic rings. The fourth-order valence-corrected chi connectivity index (χ4v) is 4.82. The topological polar surface area (TPSA) is 113 Å². The van der Waals surface area contributed by atoms with E-state index in [1.165, 1.54) is 23.2 Å². The molecule has 1 aromatic carbocycles. The average molecular weight is 539 g/mol. The fourth-order valence-electron chi connectivity index (χ4n) is 4.82. The number of aromatic nitrogens is 3. The lowest BCUT2D eigenvalue weighted by atomic mass is 9.90. The molecule has 8 heteroatoms. The molecule has 0 aliphatic carbocycles. The first-order valence-corrected chi connectivity index (χ1v) is 13.8. The summed E-state index contributed by atoms with van der Waals surface area (Å²) in [5.41, 5.74) is 4.57. The second kappa shape index (κ2) is 14.6. The molecule has 40 heavy (non-hydrogen) atoms. The number of carbonyl (C=O) groups excluding carboxylic acids is 2. The Kier molecular flexibility index (Phi) is 11.0. The molecule has 0 saturated heterocycles. The maximum absolute atomic E-state index is 12.6. The summed E-state index contributed by atoms with van der Waals surface area (Å²) in [5.74, 6) is 0.989. The number of fused-ring (bicyclic) bond motifs is 1. The first kappa shape index (κ1) is 30.0. The summed E-state index contributed by atoms with van der Waals surface area (Å²) in [6.45, 7) is 6.29. The van der Waals surface area contributed by atoms with Crippen molar-refractivity contribution in [2.45, 2.75) is 58.8 Å². The minimum absolute atomic E-state index is 0.118. The Balaban J connectivity index is 0.000000307. The SMILES string of the molecule is CCC(=O)c1cccnc1NC.CCCC(CCC)c1cn(C)c2ccc(NC(=O)c3cc(C#N)ccn3)cc12. The van der Waals surface area contributed by atoms with Crippen LogP contribution in [-0.4, -0.2) is 33.3 Å². The van der Waals surface area contributed by atoms with Crippen LogP contribution in [0.25, 0.3) is 10.9 Å². The largest absolute Gasteiger partial charge is 0.373 e. The van der Waals surface area contributed by atoms with E-state index in [4.69, 9.17) is 5.26 Å². The number of ketones is 1. The molecule has 0 spiro atoms.